The molecule has 2 aromatic carbocycles. The molecule has 0 unspecified atom stereocenters. The molecule has 23 heavy (non-hydrogen) atoms. The number of para-hydroxylation sites is 2. The molecule has 2 bridgehead atoms. The molecule has 1 N–H and O–H groups in total. The summed E-state index contributed by atoms with van der Waals surface area (Å²) in [6, 6.07) is 16.1. The van der Waals surface area contributed by atoms with Gasteiger partial charge in [0.1, 0.15) is 0 Å². The minimum Gasteiger partial charge on any atom is -0.453 e. The van der Waals surface area contributed by atoms with Gasteiger partial charge in [-0.1, -0.05) is 23.7 Å². The van der Waals surface area contributed by atoms with E-state index in [0.717, 1.165) is 17.2 Å². The van der Waals surface area contributed by atoms with E-state index in [1.807, 2.05) is 24.3 Å². The van der Waals surface area contributed by atoms with Crippen LogP contribution in [0.3, 0.4) is 0 Å². The zero-order valence-corrected chi connectivity index (χ0v) is 13.6. The number of piperidine rings is 1. The Hall–Kier alpha value is -1.71. The van der Waals surface area contributed by atoms with Crippen molar-refractivity contribution in [1.29, 1.82) is 0 Å². The van der Waals surface area contributed by atoms with E-state index in [1.54, 1.807) is 0 Å². The predicted octanol–water partition coefficient (Wildman–Crippen LogP) is 4.87. The van der Waals surface area contributed by atoms with E-state index in [2.05, 4.69) is 28.4 Å². The zero-order chi connectivity index (χ0) is 15.4. The molecule has 0 aliphatic carbocycles. The Morgan fingerprint density at radius 3 is 2.52 bits per heavy atom. The van der Waals surface area contributed by atoms with Gasteiger partial charge in [0.2, 0.25) is 0 Å². The van der Waals surface area contributed by atoms with E-state index in [-0.39, 0.29) is 0 Å². The minimum absolute atomic E-state index is 0.513. The summed E-state index contributed by atoms with van der Waals surface area (Å²) in [6.45, 7) is 0. The standard InChI is InChI=1S/C19H19ClN2O/c20-12-5-8-17-19(9-12)23-18-4-2-1-3-16(18)22(17)15-10-13-6-7-14(11-15)21-13/h1-5,8-9,13-15,21H,6-7,10-11H2/t13-,14+,15-. The van der Waals surface area contributed by atoms with Crippen molar-refractivity contribution >= 4 is 23.0 Å². The summed E-state index contributed by atoms with van der Waals surface area (Å²) < 4.78 is 6.11. The first-order valence-electron chi connectivity index (χ1n) is 8.39. The molecular weight excluding hydrogens is 308 g/mol. The van der Waals surface area contributed by atoms with E-state index >= 15 is 0 Å². The van der Waals surface area contributed by atoms with Crippen molar-refractivity contribution in [1.82, 2.24) is 5.32 Å². The van der Waals surface area contributed by atoms with E-state index in [4.69, 9.17) is 16.3 Å². The lowest BCUT2D eigenvalue weighted by Gasteiger charge is -2.42. The quantitative estimate of drug-likeness (QED) is 0.809. The summed E-state index contributed by atoms with van der Waals surface area (Å²) in [5.41, 5.74) is 2.31. The molecule has 118 valence electrons. The minimum atomic E-state index is 0.513. The SMILES string of the molecule is Clc1ccc2c(c1)Oc1ccccc1N2[C@@H]1C[C@H]2CC[C@@H](C1)N2. The summed E-state index contributed by atoms with van der Waals surface area (Å²) in [6.07, 6.45) is 4.99. The van der Waals surface area contributed by atoms with Crippen LogP contribution in [0, 0.1) is 0 Å². The second-order valence-corrected chi connectivity index (χ2v) is 7.25. The van der Waals surface area contributed by atoms with E-state index in [0.29, 0.717) is 23.1 Å². The topological polar surface area (TPSA) is 24.5 Å². The molecule has 3 aliphatic heterocycles. The van der Waals surface area contributed by atoms with Gasteiger partial charge in [-0.3, -0.25) is 0 Å². The fourth-order valence-corrected chi connectivity index (χ4v) is 4.55. The van der Waals surface area contributed by atoms with Gasteiger partial charge in [-0.05, 0) is 49.9 Å². The number of nitrogens with zero attached hydrogens (tertiary/aromatic N) is 1. The number of benzene rings is 2. The van der Waals surface area contributed by atoms with E-state index < -0.39 is 0 Å². The highest BCUT2D eigenvalue weighted by Crippen LogP contribution is 2.50. The van der Waals surface area contributed by atoms with Crippen molar-refractivity contribution in [2.45, 2.75) is 43.8 Å². The number of hydrogen-bond acceptors (Lipinski definition) is 3. The molecule has 3 atom stereocenters. The number of hydrogen-bond donors (Lipinski definition) is 1. The summed E-state index contributed by atoms with van der Waals surface area (Å²) in [7, 11) is 0. The van der Waals surface area contributed by atoms with Crippen molar-refractivity contribution < 1.29 is 4.74 Å². The smallest absolute Gasteiger partial charge is 0.152 e. The average molecular weight is 327 g/mol. The lowest BCUT2D eigenvalue weighted by Crippen LogP contribution is -2.47. The first-order chi connectivity index (χ1) is 11.3. The highest BCUT2D eigenvalue weighted by molar-refractivity contribution is 6.30. The maximum absolute atomic E-state index is 6.19. The molecule has 2 aromatic rings. The Morgan fingerprint density at radius 2 is 1.70 bits per heavy atom. The van der Waals surface area contributed by atoms with Crippen molar-refractivity contribution in [3.8, 4) is 11.5 Å². The largest absolute Gasteiger partial charge is 0.453 e. The third-order valence-electron chi connectivity index (χ3n) is 5.34. The Bertz CT molecular complexity index is 751. The molecule has 3 nitrogen and oxygen atoms in total. The van der Waals surface area contributed by atoms with Crippen LogP contribution in [0.5, 0.6) is 11.5 Å². The van der Waals surface area contributed by atoms with Gasteiger partial charge in [0.05, 0.1) is 11.4 Å². The van der Waals surface area contributed by atoms with Crippen LogP contribution in [-0.2, 0) is 0 Å². The van der Waals surface area contributed by atoms with Gasteiger partial charge in [0, 0.05) is 29.2 Å². The molecule has 2 fully saturated rings. The summed E-state index contributed by atoms with van der Waals surface area (Å²) in [4.78, 5) is 2.48. The predicted molar refractivity (Wildman–Crippen MR) is 93.1 cm³/mol. The molecule has 0 radical (unpaired) electrons. The Balaban J connectivity index is 1.62. The van der Waals surface area contributed by atoms with Gasteiger partial charge in [0.25, 0.3) is 0 Å². The van der Waals surface area contributed by atoms with Crippen LogP contribution >= 0.6 is 11.6 Å². The zero-order valence-electron chi connectivity index (χ0n) is 12.8. The normalized spacial score (nSPS) is 28.0. The molecule has 2 saturated heterocycles. The second kappa shape index (κ2) is 5.15. The number of ether oxygens (including phenoxy) is 1. The van der Waals surface area contributed by atoms with Gasteiger partial charge in [0.15, 0.2) is 11.5 Å². The number of nitrogens with one attached hydrogen (secondary N) is 1. The number of fused-ring (bicyclic) bond motifs is 4. The third-order valence-corrected chi connectivity index (χ3v) is 5.57. The van der Waals surface area contributed by atoms with Crippen LogP contribution in [0.2, 0.25) is 5.02 Å². The van der Waals surface area contributed by atoms with Crippen LogP contribution in [0.4, 0.5) is 11.4 Å². The molecule has 5 rings (SSSR count). The van der Waals surface area contributed by atoms with Crippen LogP contribution in [-0.4, -0.2) is 18.1 Å². The average Bonchev–Trinajstić information content (AvgIpc) is 2.90. The first-order valence-corrected chi connectivity index (χ1v) is 8.77. The monoisotopic (exact) mass is 326 g/mol. The second-order valence-electron chi connectivity index (χ2n) is 6.81. The van der Waals surface area contributed by atoms with Gasteiger partial charge in [-0.2, -0.15) is 0 Å². The lowest BCUT2D eigenvalue weighted by molar-refractivity contribution is 0.353. The fraction of sp³-hybridized carbons (Fsp3) is 0.368. The molecular formula is C19H19ClN2O. The van der Waals surface area contributed by atoms with E-state index in [9.17, 15) is 0 Å². The van der Waals surface area contributed by atoms with Crippen molar-refractivity contribution in [3.05, 3.63) is 47.5 Å². The van der Waals surface area contributed by atoms with Crippen molar-refractivity contribution in [3.63, 3.8) is 0 Å². The first kappa shape index (κ1) is 13.7. The summed E-state index contributed by atoms with van der Waals surface area (Å²) in [5, 5.41) is 4.45. The Morgan fingerprint density at radius 1 is 0.957 bits per heavy atom. The van der Waals surface area contributed by atoms with Crippen LogP contribution in [0.1, 0.15) is 25.7 Å². The molecule has 0 amide bonds. The fourth-order valence-electron chi connectivity index (χ4n) is 4.39. The summed E-state index contributed by atoms with van der Waals surface area (Å²) in [5.74, 6) is 1.79. The van der Waals surface area contributed by atoms with Crippen molar-refractivity contribution in [2.75, 3.05) is 4.90 Å². The maximum Gasteiger partial charge on any atom is 0.152 e. The van der Waals surface area contributed by atoms with E-state index in [1.165, 1.54) is 31.4 Å². The van der Waals surface area contributed by atoms with Crippen molar-refractivity contribution in [2.24, 2.45) is 0 Å². The third kappa shape index (κ3) is 2.22. The molecule has 0 spiro atoms. The molecule has 0 saturated carbocycles. The maximum atomic E-state index is 6.19. The van der Waals surface area contributed by atoms with Gasteiger partial charge < -0.3 is 15.0 Å². The van der Waals surface area contributed by atoms with Crippen LogP contribution in [0.15, 0.2) is 42.5 Å². The Kier molecular flexibility index (Phi) is 3.07. The highest BCUT2D eigenvalue weighted by atomic mass is 35.5. The molecule has 3 aliphatic rings. The van der Waals surface area contributed by atoms with Gasteiger partial charge in [-0.15, -0.1) is 0 Å². The number of anilines is 2. The molecule has 3 heterocycles. The van der Waals surface area contributed by atoms with Gasteiger partial charge in [-0.25, -0.2) is 0 Å². The lowest BCUT2D eigenvalue weighted by atomic mass is 9.96. The van der Waals surface area contributed by atoms with Crippen LogP contribution < -0.4 is 15.0 Å². The van der Waals surface area contributed by atoms with Gasteiger partial charge >= 0.3 is 0 Å². The molecule has 4 heteroatoms. The highest BCUT2D eigenvalue weighted by Gasteiger charge is 2.39. The molecule has 0 aromatic heterocycles. The summed E-state index contributed by atoms with van der Waals surface area (Å²) >= 11 is 6.19. The Labute approximate surface area is 141 Å². The number of rotatable bonds is 1. The number of halogens is 1. The van der Waals surface area contributed by atoms with Crippen LogP contribution in [0.25, 0.3) is 0 Å².